The molecule has 0 saturated heterocycles. The molecule has 0 saturated carbocycles. The minimum absolute atomic E-state index is 0.118. The average molecular weight is 329 g/mol. The van der Waals surface area contributed by atoms with E-state index in [-0.39, 0.29) is 6.04 Å². The third-order valence-electron chi connectivity index (χ3n) is 2.31. The molecule has 0 radical (unpaired) electrons. The molecule has 0 spiro atoms. The van der Waals surface area contributed by atoms with Crippen LogP contribution in [0.3, 0.4) is 0 Å². The fourth-order valence-corrected chi connectivity index (χ4v) is 2.94. The number of benzene rings is 1. The van der Waals surface area contributed by atoms with E-state index >= 15 is 0 Å². The first-order valence-corrected chi connectivity index (χ1v) is 6.75. The molecule has 1 aromatic heterocycles. The summed E-state index contributed by atoms with van der Waals surface area (Å²) in [6, 6.07) is 12.7. The predicted molar refractivity (Wildman–Crippen MR) is 74.1 cm³/mol. The predicted octanol–water partition coefficient (Wildman–Crippen LogP) is 3.60. The lowest BCUT2D eigenvalue weighted by atomic mass is 10.0. The van der Waals surface area contributed by atoms with Gasteiger partial charge in [-0.1, -0.05) is 30.3 Å². The summed E-state index contributed by atoms with van der Waals surface area (Å²) in [5, 5.41) is 2.15. The first-order valence-electron chi connectivity index (χ1n) is 4.79. The number of rotatable bonds is 3. The van der Waals surface area contributed by atoms with Gasteiger partial charge in [0.25, 0.3) is 0 Å². The minimum Gasteiger partial charge on any atom is -0.324 e. The highest BCUT2D eigenvalue weighted by Gasteiger charge is 2.08. The summed E-state index contributed by atoms with van der Waals surface area (Å²) in [6.45, 7) is 0. The molecule has 1 atom stereocenters. The molecule has 2 aromatic rings. The molecule has 78 valence electrons. The minimum atomic E-state index is 0.118. The summed E-state index contributed by atoms with van der Waals surface area (Å²) in [5.74, 6) is 0. The SMILES string of the molecule is NC(Cc1ccccc1)c1csc(I)c1. The van der Waals surface area contributed by atoms with Crippen molar-refractivity contribution in [2.45, 2.75) is 12.5 Å². The van der Waals surface area contributed by atoms with E-state index in [9.17, 15) is 0 Å². The van der Waals surface area contributed by atoms with Crippen molar-refractivity contribution in [3.63, 3.8) is 0 Å². The van der Waals surface area contributed by atoms with E-state index in [0.717, 1.165) is 6.42 Å². The van der Waals surface area contributed by atoms with Crippen LogP contribution in [0.4, 0.5) is 0 Å². The summed E-state index contributed by atoms with van der Waals surface area (Å²) < 4.78 is 1.30. The maximum absolute atomic E-state index is 6.14. The molecule has 1 nitrogen and oxygen atoms in total. The van der Waals surface area contributed by atoms with Crippen molar-refractivity contribution in [3.05, 3.63) is 55.8 Å². The van der Waals surface area contributed by atoms with Crippen LogP contribution in [0.2, 0.25) is 0 Å². The van der Waals surface area contributed by atoms with Gasteiger partial charge in [-0.3, -0.25) is 0 Å². The number of thiophene rings is 1. The highest BCUT2D eigenvalue weighted by molar-refractivity contribution is 14.1. The largest absolute Gasteiger partial charge is 0.324 e. The van der Waals surface area contributed by atoms with Gasteiger partial charge in [0, 0.05) is 6.04 Å². The Bertz CT molecular complexity index is 424. The Morgan fingerprint density at radius 3 is 2.60 bits per heavy atom. The highest BCUT2D eigenvalue weighted by atomic mass is 127. The Labute approximate surface area is 107 Å². The van der Waals surface area contributed by atoms with Gasteiger partial charge in [0.2, 0.25) is 0 Å². The first-order chi connectivity index (χ1) is 7.25. The average Bonchev–Trinajstić information content (AvgIpc) is 2.66. The van der Waals surface area contributed by atoms with Gasteiger partial charge in [-0.05, 0) is 51.6 Å². The zero-order valence-corrected chi connectivity index (χ0v) is 11.2. The van der Waals surface area contributed by atoms with Gasteiger partial charge in [-0.25, -0.2) is 0 Å². The molecule has 0 amide bonds. The van der Waals surface area contributed by atoms with Crippen LogP contribution in [0.15, 0.2) is 41.8 Å². The summed E-state index contributed by atoms with van der Waals surface area (Å²) in [6.07, 6.45) is 0.910. The zero-order chi connectivity index (χ0) is 10.7. The molecule has 0 aliphatic heterocycles. The third kappa shape index (κ3) is 3.03. The van der Waals surface area contributed by atoms with Crippen molar-refractivity contribution in [2.24, 2.45) is 5.73 Å². The quantitative estimate of drug-likeness (QED) is 0.856. The second-order valence-electron chi connectivity index (χ2n) is 3.48. The smallest absolute Gasteiger partial charge is 0.0656 e. The van der Waals surface area contributed by atoms with E-state index in [1.165, 1.54) is 14.0 Å². The van der Waals surface area contributed by atoms with Crippen molar-refractivity contribution in [2.75, 3.05) is 0 Å². The molecule has 0 bridgehead atoms. The lowest BCUT2D eigenvalue weighted by Gasteiger charge is -2.09. The molecule has 0 aliphatic rings. The number of hydrogen-bond acceptors (Lipinski definition) is 2. The summed E-state index contributed by atoms with van der Waals surface area (Å²) in [5.41, 5.74) is 8.68. The Balaban J connectivity index is 2.07. The molecule has 2 N–H and O–H groups in total. The molecule has 1 heterocycles. The molecule has 3 heteroatoms. The van der Waals surface area contributed by atoms with Gasteiger partial charge in [0.05, 0.1) is 2.88 Å². The fraction of sp³-hybridized carbons (Fsp3) is 0.167. The summed E-state index contributed by atoms with van der Waals surface area (Å²) in [7, 11) is 0. The molecule has 0 aliphatic carbocycles. The zero-order valence-electron chi connectivity index (χ0n) is 8.19. The van der Waals surface area contributed by atoms with Crippen LogP contribution in [0, 0.1) is 2.88 Å². The lowest BCUT2D eigenvalue weighted by molar-refractivity contribution is 0.725. The van der Waals surface area contributed by atoms with E-state index in [1.807, 2.05) is 6.07 Å². The standard InChI is InChI=1S/C12H12INS/c13-12-7-10(8-15-12)11(14)6-9-4-2-1-3-5-9/h1-5,7-8,11H,6,14H2. The number of hydrogen-bond donors (Lipinski definition) is 1. The van der Waals surface area contributed by atoms with Gasteiger partial charge in [-0.15, -0.1) is 11.3 Å². The first kappa shape index (κ1) is 11.1. The Hall–Kier alpha value is -0.390. The van der Waals surface area contributed by atoms with E-state index in [1.54, 1.807) is 11.3 Å². The molecule has 2 rings (SSSR count). The number of halogens is 1. The van der Waals surface area contributed by atoms with Crippen LogP contribution in [0.5, 0.6) is 0 Å². The molecule has 0 fully saturated rings. The van der Waals surface area contributed by atoms with Gasteiger partial charge in [-0.2, -0.15) is 0 Å². The molecule has 1 aromatic carbocycles. The Kier molecular flexibility index (Phi) is 3.77. The normalized spacial score (nSPS) is 12.7. The summed E-state index contributed by atoms with van der Waals surface area (Å²) >= 11 is 4.08. The molecular weight excluding hydrogens is 317 g/mol. The van der Waals surface area contributed by atoms with Crippen LogP contribution in [-0.4, -0.2) is 0 Å². The topological polar surface area (TPSA) is 26.0 Å². The van der Waals surface area contributed by atoms with Crippen molar-refractivity contribution < 1.29 is 0 Å². The fourth-order valence-electron chi connectivity index (χ4n) is 1.50. The Morgan fingerprint density at radius 2 is 2.00 bits per heavy atom. The van der Waals surface area contributed by atoms with Gasteiger partial charge >= 0.3 is 0 Å². The van der Waals surface area contributed by atoms with Crippen molar-refractivity contribution in [1.29, 1.82) is 0 Å². The van der Waals surface area contributed by atoms with Crippen molar-refractivity contribution in [3.8, 4) is 0 Å². The van der Waals surface area contributed by atoms with Gasteiger partial charge in [0.15, 0.2) is 0 Å². The second kappa shape index (κ2) is 5.09. The van der Waals surface area contributed by atoms with Gasteiger partial charge < -0.3 is 5.73 Å². The highest BCUT2D eigenvalue weighted by Crippen LogP contribution is 2.23. The van der Waals surface area contributed by atoms with Crippen molar-refractivity contribution >= 4 is 33.9 Å². The third-order valence-corrected chi connectivity index (χ3v) is 4.12. The van der Waals surface area contributed by atoms with E-state index < -0.39 is 0 Å². The lowest BCUT2D eigenvalue weighted by Crippen LogP contribution is -2.12. The maximum atomic E-state index is 6.14. The number of nitrogens with two attached hydrogens (primary N) is 1. The summed E-state index contributed by atoms with van der Waals surface area (Å²) in [4.78, 5) is 0. The molecule has 1 unspecified atom stereocenters. The van der Waals surface area contributed by atoms with Crippen LogP contribution < -0.4 is 5.73 Å². The van der Waals surface area contributed by atoms with Crippen LogP contribution in [0.25, 0.3) is 0 Å². The van der Waals surface area contributed by atoms with E-state index in [0.29, 0.717) is 0 Å². The molecule has 15 heavy (non-hydrogen) atoms. The van der Waals surface area contributed by atoms with Crippen LogP contribution in [0.1, 0.15) is 17.2 Å². The van der Waals surface area contributed by atoms with Gasteiger partial charge in [0.1, 0.15) is 0 Å². The monoisotopic (exact) mass is 329 g/mol. The second-order valence-corrected chi connectivity index (χ2v) is 6.29. The Morgan fingerprint density at radius 1 is 1.27 bits per heavy atom. The molecular formula is C12H12INS. The van der Waals surface area contributed by atoms with Crippen LogP contribution in [-0.2, 0) is 6.42 Å². The van der Waals surface area contributed by atoms with Crippen molar-refractivity contribution in [1.82, 2.24) is 0 Å². The van der Waals surface area contributed by atoms with E-state index in [2.05, 4.69) is 58.3 Å². The van der Waals surface area contributed by atoms with E-state index in [4.69, 9.17) is 5.73 Å². The van der Waals surface area contributed by atoms with Crippen LogP contribution >= 0.6 is 33.9 Å². The maximum Gasteiger partial charge on any atom is 0.0656 e.